The summed E-state index contributed by atoms with van der Waals surface area (Å²) in [6.45, 7) is 5.97. The van der Waals surface area contributed by atoms with Crippen LogP contribution in [0.25, 0.3) is 10.9 Å². The summed E-state index contributed by atoms with van der Waals surface area (Å²) in [4.78, 5) is 51.7. The average Bonchev–Trinajstić information content (AvgIpc) is 3.39. The molecule has 0 unspecified atom stereocenters. The minimum atomic E-state index is -0.403. The summed E-state index contributed by atoms with van der Waals surface area (Å²) in [5.74, 6) is 0.644. The average molecular weight is 464 g/mol. The highest BCUT2D eigenvalue weighted by Gasteiger charge is 2.33. The first-order valence-electron chi connectivity index (χ1n) is 11.7. The van der Waals surface area contributed by atoms with Gasteiger partial charge in [0.15, 0.2) is 17.3 Å². The number of imide groups is 1. The lowest BCUT2D eigenvalue weighted by molar-refractivity contribution is -0.118. The zero-order valence-electron chi connectivity index (χ0n) is 19.5. The summed E-state index contributed by atoms with van der Waals surface area (Å²) < 4.78 is 1.92. The van der Waals surface area contributed by atoms with Gasteiger partial charge in [0.05, 0.1) is 13.1 Å². The van der Waals surface area contributed by atoms with E-state index in [9.17, 15) is 14.4 Å². The molecule has 1 saturated heterocycles. The topological polar surface area (TPSA) is 107 Å². The number of likely N-dealkylation sites (N-methyl/N-ethyl adjacent to an activating group) is 1. The molecule has 2 aliphatic heterocycles. The Kier molecular flexibility index (Phi) is 5.82. The SMILES string of the molecule is CCCn1c(N2CCN(CC(=O)c3c[nH]c4ccccc34)CC2)nc2c1C(=O)NC(=O)CN2C. The van der Waals surface area contributed by atoms with E-state index in [1.54, 1.807) is 18.1 Å². The summed E-state index contributed by atoms with van der Waals surface area (Å²) in [6, 6.07) is 7.83. The van der Waals surface area contributed by atoms with E-state index in [1.165, 1.54) is 0 Å². The van der Waals surface area contributed by atoms with Gasteiger partial charge in [-0.1, -0.05) is 25.1 Å². The van der Waals surface area contributed by atoms with Crippen molar-refractivity contribution in [3.8, 4) is 0 Å². The number of piperazine rings is 1. The number of Topliss-reactive ketones (excluding diaryl/α,β-unsaturated/α-hetero) is 1. The molecule has 178 valence electrons. The smallest absolute Gasteiger partial charge is 0.278 e. The summed E-state index contributed by atoms with van der Waals surface area (Å²) in [5.41, 5.74) is 2.12. The number of aromatic amines is 1. The zero-order chi connectivity index (χ0) is 23.8. The van der Waals surface area contributed by atoms with Gasteiger partial charge >= 0.3 is 0 Å². The molecule has 4 heterocycles. The Morgan fingerprint density at radius 3 is 2.65 bits per heavy atom. The Morgan fingerprint density at radius 1 is 1.12 bits per heavy atom. The number of nitrogens with one attached hydrogen (secondary N) is 2. The van der Waals surface area contributed by atoms with Crippen LogP contribution in [0.3, 0.4) is 0 Å². The molecule has 2 N–H and O–H groups in total. The number of fused-ring (bicyclic) bond motifs is 2. The van der Waals surface area contributed by atoms with Crippen molar-refractivity contribution in [1.82, 2.24) is 24.8 Å². The minimum absolute atomic E-state index is 0.0883. The standard InChI is InChI=1S/C24H29N7O3/c1-3-8-31-21-22(28(2)15-20(33)26-23(21)34)27-24(31)30-11-9-29(10-12-30)14-19(32)17-13-25-18-7-5-4-6-16(17)18/h4-7,13,25H,3,8-12,14-15H2,1-2H3,(H,26,33,34). The molecule has 0 saturated carbocycles. The van der Waals surface area contributed by atoms with Crippen LogP contribution < -0.4 is 15.1 Å². The number of anilines is 2. The zero-order valence-corrected chi connectivity index (χ0v) is 19.5. The fourth-order valence-corrected chi connectivity index (χ4v) is 4.81. The Morgan fingerprint density at radius 2 is 1.88 bits per heavy atom. The van der Waals surface area contributed by atoms with E-state index in [-0.39, 0.29) is 18.2 Å². The fourth-order valence-electron chi connectivity index (χ4n) is 4.81. The normalized spacial score (nSPS) is 17.1. The number of hydrogen-bond acceptors (Lipinski definition) is 7. The number of benzene rings is 1. The number of ketones is 1. The maximum absolute atomic E-state index is 13.0. The first-order valence-corrected chi connectivity index (χ1v) is 11.7. The molecule has 34 heavy (non-hydrogen) atoms. The van der Waals surface area contributed by atoms with Crippen molar-refractivity contribution in [3.05, 3.63) is 41.7 Å². The molecule has 2 aliphatic rings. The number of carbonyl (C=O) groups excluding carboxylic acids is 3. The molecule has 0 aliphatic carbocycles. The third-order valence-electron chi connectivity index (χ3n) is 6.50. The lowest BCUT2D eigenvalue weighted by Gasteiger charge is -2.35. The molecule has 0 radical (unpaired) electrons. The van der Waals surface area contributed by atoms with Crippen molar-refractivity contribution < 1.29 is 14.4 Å². The number of H-pyrrole nitrogens is 1. The Bertz CT molecular complexity index is 1250. The molecule has 2 aromatic heterocycles. The molecular formula is C24H29N7O3. The molecule has 3 aromatic rings. The predicted octanol–water partition coefficient (Wildman–Crippen LogP) is 1.49. The second kappa shape index (κ2) is 8.94. The van der Waals surface area contributed by atoms with E-state index in [4.69, 9.17) is 4.98 Å². The molecule has 0 spiro atoms. The van der Waals surface area contributed by atoms with Crippen molar-refractivity contribution in [2.45, 2.75) is 19.9 Å². The summed E-state index contributed by atoms with van der Waals surface area (Å²) >= 11 is 0. The van der Waals surface area contributed by atoms with Gasteiger partial charge in [-0.2, -0.15) is 4.98 Å². The van der Waals surface area contributed by atoms with Crippen LogP contribution in [0.15, 0.2) is 30.5 Å². The molecule has 1 fully saturated rings. The van der Waals surface area contributed by atoms with E-state index in [0.717, 1.165) is 41.9 Å². The number of carbonyl (C=O) groups is 3. The fraction of sp³-hybridized carbons (Fsp3) is 0.417. The number of para-hydroxylation sites is 1. The third kappa shape index (κ3) is 3.94. The molecule has 1 aromatic carbocycles. The first-order chi connectivity index (χ1) is 16.5. The van der Waals surface area contributed by atoms with Gasteiger partial charge in [-0.25, -0.2) is 0 Å². The highest BCUT2D eigenvalue weighted by molar-refractivity contribution is 6.10. The third-order valence-corrected chi connectivity index (χ3v) is 6.50. The maximum Gasteiger partial charge on any atom is 0.278 e. The highest BCUT2D eigenvalue weighted by Crippen LogP contribution is 2.29. The van der Waals surface area contributed by atoms with Gasteiger partial charge in [0.25, 0.3) is 5.91 Å². The first kappa shape index (κ1) is 22.1. The largest absolute Gasteiger partial charge is 0.360 e. The van der Waals surface area contributed by atoms with E-state index in [1.807, 2.05) is 35.8 Å². The Hall–Kier alpha value is -3.66. The van der Waals surface area contributed by atoms with Gasteiger partial charge in [0, 0.05) is 62.4 Å². The van der Waals surface area contributed by atoms with Crippen LogP contribution in [0.4, 0.5) is 11.8 Å². The minimum Gasteiger partial charge on any atom is -0.360 e. The van der Waals surface area contributed by atoms with Crippen molar-refractivity contribution in [3.63, 3.8) is 0 Å². The number of aromatic nitrogens is 3. The summed E-state index contributed by atoms with van der Waals surface area (Å²) in [6.07, 6.45) is 2.63. The van der Waals surface area contributed by atoms with Gasteiger partial charge in [0.2, 0.25) is 11.9 Å². The highest BCUT2D eigenvalue weighted by atomic mass is 16.2. The lowest BCUT2D eigenvalue weighted by atomic mass is 10.1. The molecule has 10 heteroatoms. The number of amides is 2. The van der Waals surface area contributed by atoms with Gasteiger partial charge < -0.3 is 19.4 Å². The predicted molar refractivity (Wildman–Crippen MR) is 130 cm³/mol. The van der Waals surface area contributed by atoms with Crippen LogP contribution in [0.2, 0.25) is 0 Å². The number of nitrogens with zero attached hydrogens (tertiary/aromatic N) is 5. The molecule has 0 bridgehead atoms. The number of imidazole rings is 1. The van der Waals surface area contributed by atoms with Crippen LogP contribution in [-0.2, 0) is 11.3 Å². The summed E-state index contributed by atoms with van der Waals surface area (Å²) in [5, 5.41) is 3.40. The van der Waals surface area contributed by atoms with E-state index < -0.39 is 5.91 Å². The van der Waals surface area contributed by atoms with Crippen molar-refractivity contribution in [2.75, 3.05) is 56.1 Å². The van der Waals surface area contributed by atoms with Crippen LogP contribution in [0, 0.1) is 0 Å². The van der Waals surface area contributed by atoms with Gasteiger partial charge in [0.1, 0.15) is 0 Å². The van der Waals surface area contributed by atoms with Crippen molar-refractivity contribution in [2.24, 2.45) is 0 Å². The van der Waals surface area contributed by atoms with Gasteiger partial charge in [-0.3, -0.25) is 24.6 Å². The molecule has 5 rings (SSSR count). The van der Waals surface area contributed by atoms with E-state index in [2.05, 4.69) is 20.1 Å². The van der Waals surface area contributed by atoms with Gasteiger partial charge in [-0.05, 0) is 12.5 Å². The second-order valence-electron chi connectivity index (χ2n) is 8.90. The number of rotatable bonds is 6. The Labute approximate surface area is 197 Å². The van der Waals surface area contributed by atoms with Crippen LogP contribution in [-0.4, -0.2) is 83.3 Å². The van der Waals surface area contributed by atoms with Crippen LogP contribution >= 0.6 is 0 Å². The van der Waals surface area contributed by atoms with Crippen LogP contribution in [0.5, 0.6) is 0 Å². The van der Waals surface area contributed by atoms with Gasteiger partial charge in [-0.15, -0.1) is 0 Å². The maximum atomic E-state index is 13.0. The van der Waals surface area contributed by atoms with Crippen molar-refractivity contribution >= 4 is 40.3 Å². The van der Waals surface area contributed by atoms with E-state index >= 15 is 0 Å². The molecule has 2 amide bonds. The second-order valence-corrected chi connectivity index (χ2v) is 8.90. The lowest BCUT2D eigenvalue weighted by Crippen LogP contribution is -2.49. The number of hydrogen-bond donors (Lipinski definition) is 2. The van der Waals surface area contributed by atoms with Crippen molar-refractivity contribution in [1.29, 1.82) is 0 Å². The van der Waals surface area contributed by atoms with E-state index in [0.29, 0.717) is 37.7 Å². The monoisotopic (exact) mass is 463 g/mol. The summed E-state index contributed by atoms with van der Waals surface area (Å²) in [7, 11) is 1.78. The Balaban J connectivity index is 1.31. The quantitative estimate of drug-likeness (QED) is 0.421. The molecule has 0 atom stereocenters. The molecule has 10 nitrogen and oxygen atoms in total. The molecular weight excluding hydrogens is 434 g/mol. The van der Waals surface area contributed by atoms with Crippen LogP contribution in [0.1, 0.15) is 34.2 Å².